The number of carbonyl (C=O) groups is 1. The van der Waals surface area contributed by atoms with Gasteiger partial charge < -0.3 is 14.6 Å². The molecule has 0 aliphatic carbocycles. The third-order valence-electron chi connectivity index (χ3n) is 4.89. The van der Waals surface area contributed by atoms with Crippen LogP contribution in [0.1, 0.15) is 12.0 Å². The fraction of sp³-hybridized carbons (Fsp3) is 0.250. The maximum Gasteiger partial charge on any atom is 0.416 e. The molecule has 0 bridgehead atoms. The molecule has 3 aromatic rings. The lowest BCUT2D eigenvalue weighted by molar-refractivity contribution is -0.137. The first kappa shape index (κ1) is 19.0. The smallest absolute Gasteiger partial charge is 0.353 e. The molecule has 1 aliphatic rings. The normalized spacial score (nSPS) is 16.9. The van der Waals surface area contributed by atoms with E-state index in [-0.39, 0.29) is 11.9 Å². The van der Waals surface area contributed by atoms with E-state index in [9.17, 15) is 18.0 Å². The lowest BCUT2D eigenvalue weighted by atomic mass is 10.1. The van der Waals surface area contributed by atoms with E-state index < -0.39 is 11.7 Å². The van der Waals surface area contributed by atoms with Gasteiger partial charge in [0.25, 0.3) is 0 Å². The SMILES string of the molecule is C=CC(=O)NC1CCN(c2cn3ccnc3c(-c3ccc(C(F)(F)F)cc3)n2)C1. The summed E-state index contributed by atoms with van der Waals surface area (Å²) >= 11 is 0. The second kappa shape index (κ2) is 7.23. The van der Waals surface area contributed by atoms with Gasteiger partial charge in [-0.25, -0.2) is 9.97 Å². The number of imidazole rings is 1. The predicted octanol–water partition coefficient (Wildman–Crippen LogP) is 3.30. The van der Waals surface area contributed by atoms with Crippen molar-refractivity contribution in [3.8, 4) is 11.3 Å². The topological polar surface area (TPSA) is 62.5 Å². The molecule has 0 saturated carbocycles. The van der Waals surface area contributed by atoms with Gasteiger partial charge in [0.05, 0.1) is 11.8 Å². The number of nitrogens with zero attached hydrogens (tertiary/aromatic N) is 4. The molecule has 1 atom stereocenters. The average Bonchev–Trinajstić information content (AvgIpc) is 3.35. The van der Waals surface area contributed by atoms with Gasteiger partial charge in [-0.15, -0.1) is 0 Å². The van der Waals surface area contributed by atoms with Gasteiger partial charge in [-0.2, -0.15) is 13.2 Å². The van der Waals surface area contributed by atoms with Gasteiger partial charge in [-0.3, -0.25) is 4.79 Å². The number of halogens is 3. The Morgan fingerprint density at radius 2 is 2.03 bits per heavy atom. The Bertz CT molecular complexity index is 1060. The number of carbonyl (C=O) groups excluding carboxylic acids is 1. The van der Waals surface area contributed by atoms with E-state index in [1.54, 1.807) is 16.8 Å². The molecule has 1 unspecified atom stereocenters. The molecule has 9 heteroatoms. The average molecular weight is 401 g/mol. The van der Waals surface area contributed by atoms with Crippen LogP contribution in [0, 0.1) is 0 Å². The lowest BCUT2D eigenvalue weighted by Crippen LogP contribution is -2.36. The monoisotopic (exact) mass is 401 g/mol. The van der Waals surface area contributed by atoms with E-state index in [0.29, 0.717) is 35.8 Å². The number of fused-ring (bicyclic) bond motifs is 1. The van der Waals surface area contributed by atoms with Crippen molar-refractivity contribution in [1.29, 1.82) is 0 Å². The van der Waals surface area contributed by atoms with Gasteiger partial charge in [0.1, 0.15) is 11.5 Å². The van der Waals surface area contributed by atoms with Crippen LogP contribution in [0.3, 0.4) is 0 Å². The number of nitrogens with one attached hydrogen (secondary N) is 1. The third-order valence-corrected chi connectivity index (χ3v) is 4.89. The maximum atomic E-state index is 12.9. The van der Waals surface area contributed by atoms with E-state index in [1.807, 2.05) is 11.1 Å². The third kappa shape index (κ3) is 3.80. The van der Waals surface area contributed by atoms with E-state index >= 15 is 0 Å². The van der Waals surface area contributed by atoms with Crippen molar-refractivity contribution < 1.29 is 18.0 Å². The van der Waals surface area contributed by atoms with Gasteiger partial charge in [0.15, 0.2) is 5.65 Å². The van der Waals surface area contributed by atoms with Crippen molar-refractivity contribution in [1.82, 2.24) is 19.7 Å². The molecule has 1 amide bonds. The molecule has 1 fully saturated rings. The fourth-order valence-corrected chi connectivity index (χ4v) is 3.43. The highest BCUT2D eigenvalue weighted by Crippen LogP contribution is 2.32. The number of amides is 1. The van der Waals surface area contributed by atoms with Crippen LogP contribution >= 0.6 is 0 Å². The predicted molar refractivity (Wildman–Crippen MR) is 102 cm³/mol. The largest absolute Gasteiger partial charge is 0.416 e. The van der Waals surface area contributed by atoms with Gasteiger partial charge in [-0.1, -0.05) is 18.7 Å². The molecule has 4 rings (SSSR count). The van der Waals surface area contributed by atoms with Crippen LogP contribution in [0.25, 0.3) is 16.9 Å². The van der Waals surface area contributed by atoms with Crippen LogP contribution in [0.2, 0.25) is 0 Å². The standard InChI is InChI=1S/C20H18F3N5O/c1-2-17(29)25-15-7-9-27(11-15)16-12-28-10-8-24-19(28)18(26-16)13-3-5-14(6-4-13)20(21,22)23/h2-6,8,10,12,15H,1,7,9,11H2,(H,25,29). The Morgan fingerprint density at radius 1 is 1.28 bits per heavy atom. The van der Waals surface area contributed by atoms with Crippen molar-refractivity contribution in [3.63, 3.8) is 0 Å². The molecule has 29 heavy (non-hydrogen) atoms. The molecular weight excluding hydrogens is 383 g/mol. The Balaban J connectivity index is 1.66. The summed E-state index contributed by atoms with van der Waals surface area (Å²) in [7, 11) is 0. The van der Waals surface area contributed by atoms with Crippen LogP contribution < -0.4 is 10.2 Å². The minimum absolute atomic E-state index is 0.0182. The summed E-state index contributed by atoms with van der Waals surface area (Å²) in [5.41, 5.74) is 0.896. The lowest BCUT2D eigenvalue weighted by Gasteiger charge is -2.19. The molecule has 0 radical (unpaired) electrons. The number of alkyl halides is 3. The first-order valence-corrected chi connectivity index (χ1v) is 9.04. The molecule has 150 valence electrons. The first-order valence-electron chi connectivity index (χ1n) is 9.04. The van der Waals surface area contributed by atoms with Crippen molar-refractivity contribution in [2.75, 3.05) is 18.0 Å². The number of hydrogen-bond acceptors (Lipinski definition) is 4. The molecule has 2 aromatic heterocycles. The quantitative estimate of drug-likeness (QED) is 0.682. The Hall–Kier alpha value is -3.36. The number of hydrogen-bond donors (Lipinski definition) is 1. The van der Waals surface area contributed by atoms with Crippen LogP contribution in [-0.2, 0) is 11.0 Å². The summed E-state index contributed by atoms with van der Waals surface area (Å²) in [6.45, 7) is 4.73. The summed E-state index contributed by atoms with van der Waals surface area (Å²) in [6.07, 6.45) is 2.82. The molecule has 3 heterocycles. The van der Waals surface area contributed by atoms with Crippen LogP contribution in [0.15, 0.2) is 55.5 Å². The van der Waals surface area contributed by atoms with E-state index in [1.165, 1.54) is 18.2 Å². The number of aromatic nitrogens is 3. The van der Waals surface area contributed by atoms with Crippen LogP contribution in [0.5, 0.6) is 0 Å². The summed E-state index contributed by atoms with van der Waals surface area (Å²) in [5.74, 6) is 0.445. The van der Waals surface area contributed by atoms with Gasteiger partial charge in [0, 0.05) is 37.1 Å². The molecule has 1 saturated heterocycles. The summed E-state index contributed by atoms with van der Waals surface area (Å²) < 4.78 is 40.4. The maximum absolute atomic E-state index is 12.9. The zero-order valence-electron chi connectivity index (χ0n) is 15.4. The molecule has 1 aromatic carbocycles. The molecule has 1 N–H and O–H groups in total. The summed E-state index contributed by atoms with van der Waals surface area (Å²) in [6, 6.07) is 4.87. The van der Waals surface area contributed by atoms with Crippen molar-refractivity contribution in [2.45, 2.75) is 18.6 Å². The molecule has 6 nitrogen and oxygen atoms in total. The van der Waals surface area contributed by atoms with E-state index in [0.717, 1.165) is 18.6 Å². The fourth-order valence-electron chi connectivity index (χ4n) is 3.43. The van der Waals surface area contributed by atoms with E-state index in [2.05, 4.69) is 21.9 Å². The summed E-state index contributed by atoms with van der Waals surface area (Å²) in [4.78, 5) is 22.5. The minimum atomic E-state index is -4.39. The Labute approximate surface area is 164 Å². The van der Waals surface area contributed by atoms with Gasteiger partial charge in [-0.05, 0) is 24.6 Å². The van der Waals surface area contributed by atoms with E-state index in [4.69, 9.17) is 0 Å². The van der Waals surface area contributed by atoms with Gasteiger partial charge in [0.2, 0.25) is 5.91 Å². The molecular formula is C20H18F3N5O. The second-order valence-electron chi connectivity index (χ2n) is 6.83. The minimum Gasteiger partial charge on any atom is -0.353 e. The zero-order chi connectivity index (χ0) is 20.6. The Kier molecular flexibility index (Phi) is 4.73. The Morgan fingerprint density at radius 3 is 2.72 bits per heavy atom. The second-order valence-corrected chi connectivity index (χ2v) is 6.83. The zero-order valence-corrected chi connectivity index (χ0v) is 15.4. The van der Waals surface area contributed by atoms with Crippen LogP contribution in [-0.4, -0.2) is 39.4 Å². The highest BCUT2D eigenvalue weighted by atomic mass is 19.4. The molecule has 0 spiro atoms. The number of anilines is 1. The van der Waals surface area contributed by atoms with Crippen molar-refractivity contribution >= 4 is 17.4 Å². The van der Waals surface area contributed by atoms with Gasteiger partial charge >= 0.3 is 6.18 Å². The number of rotatable bonds is 4. The van der Waals surface area contributed by atoms with Crippen molar-refractivity contribution in [3.05, 3.63) is 61.1 Å². The van der Waals surface area contributed by atoms with Crippen molar-refractivity contribution in [2.24, 2.45) is 0 Å². The molecule has 1 aliphatic heterocycles. The number of benzene rings is 1. The first-order chi connectivity index (χ1) is 13.8. The summed E-state index contributed by atoms with van der Waals surface area (Å²) in [5, 5.41) is 2.87. The van der Waals surface area contributed by atoms with Crippen LogP contribution in [0.4, 0.5) is 19.0 Å². The highest BCUT2D eigenvalue weighted by molar-refractivity contribution is 5.87. The highest BCUT2D eigenvalue weighted by Gasteiger charge is 2.30.